The predicted octanol–water partition coefficient (Wildman–Crippen LogP) is 0.728. The molecule has 0 saturated heterocycles. The summed E-state index contributed by atoms with van der Waals surface area (Å²) in [6.45, 7) is 1.46. The number of hydrogen-bond acceptors (Lipinski definition) is 6. The lowest BCUT2D eigenvalue weighted by Crippen LogP contribution is -2.20. The molecule has 6 heteroatoms. The zero-order valence-corrected chi connectivity index (χ0v) is 10.4. The molecule has 0 fully saturated rings. The number of thioether (sulfide) groups is 1. The average molecular weight is 256 g/mol. The molecular formula is C11H16N2O3S. The molecule has 1 rings (SSSR count). The highest BCUT2D eigenvalue weighted by Crippen LogP contribution is 2.23. The minimum Gasteiger partial charge on any atom is -0.390 e. The number of carbonyl (C=O) groups is 1. The van der Waals surface area contributed by atoms with E-state index in [4.69, 9.17) is 5.73 Å². The van der Waals surface area contributed by atoms with E-state index in [1.54, 1.807) is 12.1 Å². The molecule has 0 aromatic carbocycles. The van der Waals surface area contributed by atoms with Crippen molar-refractivity contribution in [2.75, 3.05) is 11.5 Å². The first-order valence-electron chi connectivity index (χ1n) is 5.22. The molecule has 2 unspecified atom stereocenters. The Morgan fingerprint density at radius 3 is 2.88 bits per heavy atom. The summed E-state index contributed by atoms with van der Waals surface area (Å²) in [5.74, 6) is 0.673. The molecule has 0 aliphatic heterocycles. The van der Waals surface area contributed by atoms with Crippen LogP contribution in [0.5, 0.6) is 0 Å². The van der Waals surface area contributed by atoms with Crippen molar-refractivity contribution in [3.8, 4) is 0 Å². The van der Waals surface area contributed by atoms with Crippen molar-refractivity contribution in [2.45, 2.75) is 25.6 Å². The maximum Gasteiger partial charge on any atom is 0.185 e. The normalized spacial score (nSPS) is 14.3. The summed E-state index contributed by atoms with van der Waals surface area (Å²) < 4.78 is 0. The average Bonchev–Trinajstić information content (AvgIpc) is 2.28. The Balaban J connectivity index is 2.55. The van der Waals surface area contributed by atoms with Gasteiger partial charge < -0.3 is 15.9 Å². The van der Waals surface area contributed by atoms with E-state index in [2.05, 4.69) is 4.98 Å². The molecule has 0 bridgehead atoms. The van der Waals surface area contributed by atoms with Crippen molar-refractivity contribution in [1.82, 2.24) is 4.98 Å². The quantitative estimate of drug-likeness (QED) is 0.718. The Morgan fingerprint density at radius 2 is 2.29 bits per heavy atom. The monoisotopic (exact) mass is 256 g/mol. The van der Waals surface area contributed by atoms with Crippen molar-refractivity contribution >= 4 is 22.7 Å². The van der Waals surface area contributed by atoms with E-state index in [1.807, 2.05) is 0 Å². The van der Waals surface area contributed by atoms with Crippen LogP contribution in [0.25, 0.3) is 0 Å². The zero-order valence-electron chi connectivity index (χ0n) is 9.54. The van der Waals surface area contributed by atoms with Gasteiger partial charge in [-0.05, 0) is 12.5 Å². The molecule has 0 radical (unpaired) electrons. The second-order valence-electron chi connectivity index (χ2n) is 3.62. The molecule has 0 spiro atoms. The van der Waals surface area contributed by atoms with Crippen molar-refractivity contribution in [3.05, 3.63) is 23.9 Å². The maximum atomic E-state index is 10.7. The van der Waals surface area contributed by atoms with Crippen molar-refractivity contribution in [1.29, 1.82) is 0 Å². The van der Waals surface area contributed by atoms with Crippen LogP contribution in [-0.4, -0.2) is 32.2 Å². The number of nitrogens with zero attached hydrogens (tertiary/aromatic N) is 1. The number of nitrogen functional groups attached to an aromatic ring is 1. The van der Waals surface area contributed by atoms with Crippen molar-refractivity contribution < 1.29 is 15.0 Å². The van der Waals surface area contributed by atoms with E-state index in [9.17, 15) is 15.0 Å². The topological polar surface area (TPSA) is 96.4 Å². The summed E-state index contributed by atoms with van der Waals surface area (Å²) >= 11 is 1.12. The first-order valence-corrected chi connectivity index (χ1v) is 6.20. The van der Waals surface area contributed by atoms with Gasteiger partial charge in [0.1, 0.15) is 11.9 Å². The molecule has 17 heavy (non-hydrogen) atoms. The molecular weight excluding hydrogens is 240 g/mol. The van der Waals surface area contributed by atoms with Gasteiger partial charge >= 0.3 is 0 Å². The maximum absolute atomic E-state index is 10.7. The molecule has 2 atom stereocenters. The smallest absolute Gasteiger partial charge is 0.185 e. The fourth-order valence-electron chi connectivity index (χ4n) is 1.37. The van der Waals surface area contributed by atoms with Gasteiger partial charge in [0.05, 0.1) is 6.10 Å². The number of hydrogen-bond donors (Lipinski definition) is 3. The Labute approximate surface area is 104 Å². The first kappa shape index (κ1) is 14.0. The van der Waals surface area contributed by atoms with Gasteiger partial charge in [-0.1, -0.05) is 17.8 Å². The number of rotatable bonds is 5. The molecule has 4 N–H and O–H groups in total. The van der Waals surface area contributed by atoms with Crippen LogP contribution in [0.1, 0.15) is 25.0 Å². The molecule has 5 nitrogen and oxygen atoms in total. The Kier molecular flexibility index (Phi) is 5.40. The number of aromatic nitrogens is 1. The number of aliphatic hydroxyl groups excluding tert-OH is 2. The highest BCUT2D eigenvalue weighted by Gasteiger charge is 2.20. The number of nitrogens with two attached hydrogens (primary N) is 1. The van der Waals surface area contributed by atoms with Gasteiger partial charge in [-0.15, -0.1) is 0 Å². The Morgan fingerprint density at radius 1 is 1.59 bits per heavy atom. The summed E-state index contributed by atoms with van der Waals surface area (Å²) in [7, 11) is 0. The standard InChI is InChI=1S/C11H16N2O3S/c1-7(14)17-6-4-9(15)10(16)8-3-2-5-13-11(8)12/h2-3,5,9-10,15-16H,4,6H2,1H3,(H2,12,13). The zero-order chi connectivity index (χ0) is 12.8. The van der Waals surface area contributed by atoms with Gasteiger partial charge in [-0.2, -0.15) is 0 Å². The molecule has 0 saturated carbocycles. The van der Waals surface area contributed by atoms with Gasteiger partial charge in [-0.25, -0.2) is 4.98 Å². The predicted molar refractivity (Wildman–Crippen MR) is 67.4 cm³/mol. The molecule has 1 heterocycles. The van der Waals surface area contributed by atoms with Gasteiger partial charge in [0.15, 0.2) is 5.12 Å². The molecule has 0 amide bonds. The largest absolute Gasteiger partial charge is 0.390 e. The lowest BCUT2D eigenvalue weighted by molar-refractivity contribution is -0.109. The second kappa shape index (κ2) is 6.58. The first-order chi connectivity index (χ1) is 8.02. The lowest BCUT2D eigenvalue weighted by Gasteiger charge is -2.18. The number of pyridine rings is 1. The van der Waals surface area contributed by atoms with Crippen LogP contribution in [0.3, 0.4) is 0 Å². The van der Waals surface area contributed by atoms with E-state index >= 15 is 0 Å². The van der Waals surface area contributed by atoms with Crippen LogP contribution < -0.4 is 5.73 Å². The highest BCUT2D eigenvalue weighted by atomic mass is 32.2. The summed E-state index contributed by atoms with van der Waals surface area (Å²) in [5.41, 5.74) is 6.00. The molecule has 1 aromatic rings. The van der Waals surface area contributed by atoms with Crippen LogP contribution in [0, 0.1) is 0 Å². The lowest BCUT2D eigenvalue weighted by atomic mass is 10.0. The van der Waals surface area contributed by atoms with Gasteiger partial charge in [0, 0.05) is 24.4 Å². The number of aliphatic hydroxyl groups is 2. The van der Waals surface area contributed by atoms with Crippen LogP contribution in [-0.2, 0) is 4.79 Å². The van der Waals surface area contributed by atoms with Gasteiger partial charge in [-0.3, -0.25) is 4.79 Å². The van der Waals surface area contributed by atoms with Crippen LogP contribution in [0.2, 0.25) is 0 Å². The van der Waals surface area contributed by atoms with Gasteiger partial charge in [0.25, 0.3) is 0 Å². The van der Waals surface area contributed by atoms with E-state index in [1.165, 1.54) is 13.1 Å². The fourth-order valence-corrected chi connectivity index (χ4v) is 2.02. The summed E-state index contributed by atoms with van der Waals surface area (Å²) in [4.78, 5) is 14.5. The molecule has 0 aliphatic carbocycles. The van der Waals surface area contributed by atoms with Gasteiger partial charge in [0.2, 0.25) is 0 Å². The van der Waals surface area contributed by atoms with E-state index in [-0.39, 0.29) is 10.9 Å². The third kappa shape index (κ3) is 4.33. The highest BCUT2D eigenvalue weighted by molar-refractivity contribution is 8.13. The second-order valence-corrected chi connectivity index (χ2v) is 4.89. The minimum absolute atomic E-state index is 0.00687. The Bertz CT molecular complexity index is 387. The third-order valence-electron chi connectivity index (χ3n) is 2.27. The summed E-state index contributed by atoms with van der Waals surface area (Å²) in [6, 6.07) is 3.26. The van der Waals surface area contributed by atoms with E-state index < -0.39 is 12.2 Å². The van der Waals surface area contributed by atoms with E-state index in [0.29, 0.717) is 17.7 Å². The molecule has 1 aromatic heterocycles. The van der Waals surface area contributed by atoms with Crippen molar-refractivity contribution in [3.63, 3.8) is 0 Å². The van der Waals surface area contributed by atoms with Crippen LogP contribution in [0.15, 0.2) is 18.3 Å². The molecule has 0 aliphatic rings. The Hall–Kier alpha value is -1.11. The van der Waals surface area contributed by atoms with E-state index in [0.717, 1.165) is 11.8 Å². The SMILES string of the molecule is CC(=O)SCCC(O)C(O)c1cccnc1N. The molecule has 94 valence electrons. The summed E-state index contributed by atoms with van der Waals surface area (Å²) in [6.07, 6.45) is -0.187. The number of carbonyl (C=O) groups excluding carboxylic acids is 1. The van der Waals surface area contributed by atoms with Crippen LogP contribution >= 0.6 is 11.8 Å². The van der Waals surface area contributed by atoms with Crippen molar-refractivity contribution in [2.24, 2.45) is 0 Å². The minimum atomic E-state index is -1.07. The fraction of sp³-hybridized carbons (Fsp3) is 0.455. The van der Waals surface area contributed by atoms with Crippen LogP contribution in [0.4, 0.5) is 5.82 Å². The number of anilines is 1. The summed E-state index contributed by atoms with van der Waals surface area (Å²) in [5, 5.41) is 19.6. The third-order valence-corrected chi connectivity index (χ3v) is 3.12.